The van der Waals surface area contributed by atoms with Gasteiger partial charge in [0.25, 0.3) is 10.0 Å². The highest BCUT2D eigenvalue weighted by molar-refractivity contribution is 7.92. The van der Waals surface area contributed by atoms with Gasteiger partial charge in [-0.25, -0.2) is 8.42 Å². The Hall–Kier alpha value is -2.34. The van der Waals surface area contributed by atoms with Gasteiger partial charge in [0.15, 0.2) is 0 Å². The van der Waals surface area contributed by atoms with Gasteiger partial charge in [-0.3, -0.25) is 9.52 Å². The second kappa shape index (κ2) is 6.62. The number of hydrogen-bond acceptors (Lipinski definition) is 3. The van der Waals surface area contributed by atoms with Crippen LogP contribution in [0.2, 0.25) is 0 Å². The van der Waals surface area contributed by atoms with Gasteiger partial charge in [-0.05, 0) is 60.7 Å². The van der Waals surface area contributed by atoms with Crippen LogP contribution in [0.25, 0.3) is 0 Å². The standard InChI is InChI=1S/C22H26N2O3S/c1-4-15-6-5-7-17(12-15)23-28(26,27)18-10-11-20-19(13-18)22(2,3)14-24(20)21(25)16-8-9-16/h5-7,10-13,16,23H,4,8-9,14H2,1-3H3. The minimum absolute atomic E-state index is 0.137. The summed E-state index contributed by atoms with van der Waals surface area (Å²) in [5.74, 6) is 0.301. The van der Waals surface area contributed by atoms with Crippen LogP contribution in [-0.4, -0.2) is 20.9 Å². The van der Waals surface area contributed by atoms with Crippen LogP contribution in [0.1, 0.15) is 44.7 Å². The van der Waals surface area contributed by atoms with Crippen LogP contribution in [-0.2, 0) is 26.7 Å². The summed E-state index contributed by atoms with van der Waals surface area (Å²) < 4.78 is 28.6. The number of hydrogen-bond donors (Lipinski definition) is 1. The van der Waals surface area contributed by atoms with Crippen molar-refractivity contribution < 1.29 is 13.2 Å². The van der Waals surface area contributed by atoms with Gasteiger partial charge in [0.1, 0.15) is 0 Å². The Labute approximate surface area is 166 Å². The van der Waals surface area contributed by atoms with Crippen molar-refractivity contribution in [3.05, 3.63) is 53.6 Å². The maximum absolute atomic E-state index is 13.0. The molecule has 0 bridgehead atoms. The van der Waals surface area contributed by atoms with E-state index in [0.29, 0.717) is 12.2 Å². The zero-order valence-corrected chi connectivity index (χ0v) is 17.3. The molecule has 5 nitrogen and oxygen atoms in total. The molecule has 28 heavy (non-hydrogen) atoms. The molecule has 148 valence electrons. The molecule has 4 rings (SSSR count). The van der Waals surface area contributed by atoms with E-state index >= 15 is 0 Å². The Morgan fingerprint density at radius 2 is 1.93 bits per heavy atom. The van der Waals surface area contributed by atoms with E-state index < -0.39 is 10.0 Å². The van der Waals surface area contributed by atoms with Gasteiger partial charge in [0.2, 0.25) is 5.91 Å². The van der Waals surface area contributed by atoms with E-state index in [1.54, 1.807) is 24.3 Å². The predicted octanol–water partition coefficient (Wildman–Crippen LogP) is 4.08. The van der Waals surface area contributed by atoms with Gasteiger partial charge in [-0.2, -0.15) is 0 Å². The first kappa shape index (κ1) is 19.0. The number of benzene rings is 2. The molecule has 1 aliphatic heterocycles. The van der Waals surface area contributed by atoms with Gasteiger partial charge in [-0.15, -0.1) is 0 Å². The molecule has 0 aromatic heterocycles. The third kappa shape index (κ3) is 3.41. The molecule has 2 aromatic carbocycles. The zero-order valence-electron chi connectivity index (χ0n) is 16.5. The van der Waals surface area contributed by atoms with Crippen LogP contribution in [0.4, 0.5) is 11.4 Å². The van der Waals surface area contributed by atoms with Gasteiger partial charge in [-0.1, -0.05) is 32.9 Å². The maximum Gasteiger partial charge on any atom is 0.261 e. The topological polar surface area (TPSA) is 66.5 Å². The van der Waals surface area contributed by atoms with Crippen molar-refractivity contribution in [3.8, 4) is 0 Å². The lowest BCUT2D eigenvalue weighted by Crippen LogP contribution is -2.34. The highest BCUT2D eigenvalue weighted by Gasteiger charge is 2.43. The molecule has 1 N–H and O–H groups in total. The lowest BCUT2D eigenvalue weighted by Gasteiger charge is -2.20. The van der Waals surface area contributed by atoms with Crippen molar-refractivity contribution in [1.82, 2.24) is 0 Å². The molecule has 2 aliphatic rings. The molecule has 1 fully saturated rings. The third-order valence-electron chi connectivity index (χ3n) is 5.63. The first-order valence-electron chi connectivity index (χ1n) is 9.79. The number of amides is 1. The number of nitrogens with one attached hydrogen (secondary N) is 1. The molecule has 0 saturated heterocycles. The summed E-state index contributed by atoms with van der Waals surface area (Å²) in [5.41, 5.74) is 3.10. The molecule has 1 saturated carbocycles. The molecule has 1 heterocycles. The lowest BCUT2D eigenvalue weighted by molar-refractivity contribution is -0.119. The van der Waals surface area contributed by atoms with E-state index in [-0.39, 0.29) is 22.1 Å². The highest BCUT2D eigenvalue weighted by Crippen LogP contribution is 2.44. The van der Waals surface area contributed by atoms with Crippen LogP contribution in [0.15, 0.2) is 47.4 Å². The normalized spacial score (nSPS) is 18.0. The largest absolute Gasteiger partial charge is 0.311 e. The van der Waals surface area contributed by atoms with E-state index in [2.05, 4.69) is 18.6 Å². The molecule has 6 heteroatoms. The summed E-state index contributed by atoms with van der Waals surface area (Å²) in [6.45, 7) is 6.74. The second-order valence-corrected chi connectivity index (χ2v) is 10.1. The van der Waals surface area contributed by atoms with Gasteiger partial charge in [0.05, 0.1) is 4.90 Å². The number of nitrogens with zero attached hydrogens (tertiary/aromatic N) is 1. The molecule has 0 unspecified atom stereocenters. The average molecular weight is 399 g/mol. The fraction of sp³-hybridized carbons (Fsp3) is 0.409. The first-order chi connectivity index (χ1) is 13.2. The van der Waals surface area contributed by atoms with Crippen LogP contribution in [0.5, 0.6) is 0 Å². The van der Waals surface area contributed by atoms with E-state index in [9.17, 15) is 13.2 Å². The van der Waals surface area contributed by atoms with E-state index in [1.165, 1.54) is 0 Å². The van der Waals surface area contributed by atoms with Crippen LogP contribution in [0.3, 0.4) is 0 Å². The SMILES string of the molecule is CCc1cccc(NS(=O)(=O)c2ccc3c(c2)C(C)(C)CN3C(=O)C2CC2)c1. The van der Waals surface area contributed by atoms with Crippen molar-refractivity contribution in [2.45, 2.75) is 50.3 Å². The second-order valence-electron chi connectivity index (χ2n) is 8.42. The van der Waals surface area contributed by atoms with E-state index in [1.807, 2.05) is 30.0 Å². The Kier molecular flexibility index (Phi) is 4.49. The highest BCUT2D eigenvalue weighted by atomic mass is 32.2. The number of carbonyl (C=O) groups excluding carboxylic acids is 1. The minimum atomic E-state index is -3.71. The van der Waals surface area contributed by atoms with Crippen molar-refractivity contribution in [2.75, 3.05) is 16.2 Å². The summed E-state index contributed by atoms with van der Waals surface area (Å²) in [5, 5.41) is 0. The smallest absolute Gasteiger partial charge is 0.261 e. The minimum Gasteiger partial charge on any atom is -0.311 e. The summed E-state index contributed by atoms with van der Waals surface area (Å²) in [6.07, 6.45) is 2.75. The van der Waals surface area contributed by atoms with Gasteiger partial charge in [0, 0.05) is 29.3 Å². The van der Waals surface area contributed by atoms with Crippen molar-refractivity contribution in [1.29, 1.82) is 0 Å². The Balaban J connectivity index is 1.67. The Morgan fingerprint density at radius 1 is 1.18 bits per heavy atom. The summed E-state index contributed by atoms with van der Waals surface area (Å²) in [7, 11) is -3.71. The number of sulfonamides is 1. The number of aryl methyl sites for hydroxylation is 1. The monoisotopic (exact) mass is 398 g/mol. The van der Waals surface area contributed by atoms with Gasteiger partial charge < -0.3 is 4.90 Å². The van der Waals surface area contributed by atoms with Crippen molar-refractivity contribution in [3.63, 3.8) is 0 Å². The first-order valence-corrected chi connectivity index (χ1v) is 11.3. The van der Waals surface area contributed by atoms with Crippen molar-refractivity contribution in [2.24, 2.45) is 5.92 Å². The zero-order chi connectivity index (χ0) is 20.1. The molecule has 2 aromatic rings. The number of fused-ring (bicyclic) bond motifs is 1. The maximum atomic E-state index is 13.0. The van der Waals surface area contributed by atoms with Crippen LogP contribution < -0.4 is 9.62 Å². The molecule has 1 aliphatic carbocycles. The lowest BCUT2D eigenvalue weighted by atomic mass is 9.87. The molecule has 0 spiro atoms. The van der Waals surface area contributed by atoms with Gasteiger partial charge >= 0.3 is 0 Å². The number of carbonyl (C=O) groups is 1. The molecule has 0 atom stereocenters. The predicted molar refractivity (Wildman–Crippen MR) is 111 cm³/mol. The molecule has 1 amide bonds. The Morgan fingerprint density at radius 3 is 2.61 bits per heavy atom. The number of rotatable bonds is 5. The average Bonchev–Trinajstić information content (AvgIpc) is 3.46. The summed E-state index contributed by atoms with van der Waals surface area (Å²) in [4.78, 5) is 14.7. The van der Waals surface area contributed by atoms with E-state index in [0.717, 1.165) is 36.1 Å². The quantitative estimate of drug-likeness (QED) is 0.825. The van der Waals surface area contributed by atoms with Crippen LogP contribution in [0, 0.1) is 5.92 Å². The molecular formula is C22H26N2O3S. The summed E-state index contributed by atoms with van der Waals surface area (Å²) >= 11 is 0. The third-order valence-corrected chi connectivity index (χ3v) is 7.01. The fourth-order valence-electron chi connectivity index (χ4n) is 3.84. The fourth-order valence-corrected chi connectivity index (χ4v) is 4.92. The van der Waals surface area contributed by atoms with E-state index in [4.69, 9.17) is 0 Å². The summed E-state index contributed by atoms with van der Waals surface area (Å²) in [6, 6.07) is 12.5. The van der Waals surface area contributed by atoms with Crippen molar-refractivity contribution >= 4 is 27.3 Å². The number of anilines is 2. The molecular weight excluding hydrogens is 372 g/mol. The Bertz CT molecular complexity index is 1040. The molecule has 0 radical (unpaired) electrons. The van der Waals surface area contributed by atoms with Crippen LogP contribution >= 0.6 is 0 Å².